The molecule has 3 N–H and O–H groups in total. The Morgan fingerprint density at radius 1 is 1.06 bits per heavy atom. The number of aliphatic hydroxyl groups excluding tert-OH is 1. The molecule has 0 bridgehead atoms. The molecule has 2 aromatic carbocycles. The molecule has 1 aliphatic rings. The van der Waals surface area contributed by atoms with Crippen LogP contribution in [0, 0.1) is 17.6 Å². The van der Waals surface area contributed by atoms with Crippen molar-refractivity contribution in [1.29, 1.82) is 0 Å². The van der Waals surface area contributed by atoms with Crippen molar-refractivity contribution in [3.63, 3.8) is 0 Å². The number of aromatic nitrogens is 4. The lowest BCUT2D eigenvalue weighted by molar-refractivity contribution is 0.0940. The van der Waals surface area contributed by atoms with Gasteiger partial charge in [-0.1, -0.05) is 12.1 Å². The summed E-state index contributed by atoms with van der Waals surface area (Å²) in [7, 11) is 0. The highest BCUT2D eigenvalue weighted by molar-refractivity contribution is 5.94. The Kier molecular flexibility index (Phi) is 6.69. The van der Waals surface area contributed by atoms with E-state index < -0.39 is 23.3 Å². The summed E-state index contributed by atoms with van der Waals surface area (Å²) in [6.45, 7) is 0.915. The molecule has 5 rings (SSSR count). The van der Waals surface area contributed by atoms with E-state index in [0.29, 0.717) is 13.1 Å². The molecule has 10 heteroatoms. The van der Waals surface area contributed by atoms with Gasteiger partial charge in [-0.15, -0.1) is 0 Å². The molecular weight excluding hydrogens is 468 g/mol. The molecule has 2 heterocycles. The van der Waals surface area contributed by atoms with Crippen molar-refractivity contribution in [2.75, 3.05) is 13.2 Å². The average molecular weight is 496 g/mol. The third kappa shape index (κ3) is 4.94. The van der Waals surface area contributed by atoms with Crippen LogP contribution < -0.4 is 5.32 Å². The third-order valence-corrected chi connectivity index (χ3v) is 6.84. The van der Waals surface area contributed by atoms with Crippen LogP contribution in [0.5, 0.6) is 5.75 Å². The number of rotatable bonds is 7. The molecular formula is C26H27F2N5O3. The smallest absolute Gasteiger partial charge is 0.251 e. The molecule has 4 aromatic rings. The fraction of sp³-hybridized carbons (Fsp3) is 0.346. The molecule has 0 radical (unpaired) electrons. The van der Waals surface area contributed by atoms with Crippen LogP contribution in [0.25, 0.3) is 22.0 Å². The minimum Gasteiger partial charge on any atom is -0.503 e. The van der Waals surface area contributed by atoms with Crippen LogP contribution in [-0.4, -0.2) is 48.8 Å². The zero-order chi connectivity index (χ0) is 25.2. The number of carbonyl (C=O) groups excluding carboxylic acids is 1. The molecule has 1 saturated carbocycles. The zero-order valence-corrected chi connectivity index (χ0v) is 19.6. The quantitative estimate of drug-likeness (QED) is 0.359. The summed E-state index contributed by atoms with van der Waals surface area (Å²) >= 11 is 0. The Labute approximate surface area is 206 Å². The van der Waals surface area contributed by atoms with E-state index >= 15 is 0 Å². The minimum absolute atomic E-state index is 0.0392. The highest BCUT2D eigenvalue weighted by Crippen LogP contribution is 2.33. The number of phenolic OH excluding ortho intramolecular Hbond substituents is 1. The van der Waals surface area contributed by atoms with Gasteiger partial charge < -0.3 is 15.5 Å². The fourth-order valence-electron chi connectivity index (χ4n) is 4.79. The summed E-state index contributed by atoms with van der Waals surface area (Å²) < 4.78 is 30.8. The van der Waals surface area contributed by atoms with Gasteiger partial charge in [-0.25, -0.2) is 8.78 Å². The Bertz CT molecular complexity index is 1370. The van der Waals surface area contributed by atoms with E-state index in [1.807, 2.05) is 29.1 Å². The summed E-state index contributed by atoms with van der Waals surface area (Å²) in [5, 5.41) is 31.2. The number of hydrogen-bond donors (Lipinski definition) is 3. The first-order valence-corrected chi connectivity index (χ1v) is 12.0. The van der Waals surface area contributed by atoms with E-state index in [1.54, 1.807) is 10.9 Å². The normalized spacial score (nSPS) is 18.0. The average Bonchev–Trinajstić information content (AvgIpc) is 3.53. The second kappa shape index (κ2) is 10.1. The Hall–Kier alpha value is -3.79. The number of benzene rings is 2. The van der Waals surface area contributed by atoms with Gasteiger partial charge in [-0.05, 0) is 55.4 Å². The molecule has 1 aliphatic carbocycles. The molecule has 8 nitrogen and oxygen atoms in total. The maximum absolute atomic E-state index is 13.5. The number of phenols is 1. The number of carbonyl (C=O) groups is 1. The number of nitrogens with zero attached hydrogens (tertiary/aromatic N) is 4. The van der Waals surface area contributed by atoms with Gasteiger partial charge in [-0.2, -0.15) is 10.2 Å². The second-order valence-corrected chi connectivity index (χ2v) is 9.27. The zero-order valence-electron chi connectivity index (χ0n) is 19.6. The van der Waals surface area contributed by atoms with Crippen molar-refractivity contribution in [1.82, 2.24) is 24.9 Å². The van der Waals surface area contributed by atoms with E-state index in [1.165, 1.54) is 0 Å². The number of amides is 1. The van der Waals surface area contributed by atoms with Crippen LogP contribution in [0.3, 0.4) is 0 Å². The lowest BCUT2D eigenvalue weighted by atomic mass is 9.86. The summed E-state index contributed by atoms with van der Waals surface area (Å²) in [5.41, 5.74) is 2.75. The van der Waals surface area contributed by atoms with Gasteiger partial charge in [0.05, 0.1) is 30.9 Å². The van der Waals surface area contributed by atoms with Crippen LogP contribution >= 0.6 is 0 Å². The molecule has 2 aromatic heterocycles. The summed E-state index contributed by atoms with van der Waals surface area (Å²) in [5.74, 6) is -3.69. The molecule has 188 valence electrons. The van der Waals surface area contributed by atoms with Crippen molar-refractivity contribution >= 4 is 16.8 Å². The van der Waals surface area contributed by atoms with Crippen molar-refractivity contribution in [3.05, 3.63) is 66.1 Å². The summed E-state index contributed by atoms with van der Waals surface area (Å²) in [4.78, 5) is 12.3. The van der Waals surface area contributed by atoms with Gasteiger partial charge in [0.1, 0.15) is 0 Å². The van der Waals surface area contributed by atoms with Crippen LogP contribution in [0.1, 0.15) is 42.1 Å². The lowest BCUT2D eigenvalue weighted by Crippen LogP contribution is -2.31. The van der Waals surface area contributed by atoms with E-state index in [-0.39, 0.29) is 24.1 Å². The third-order valence-electron chi connectivity index (χ3n) is 6.84. The molecule has 1 amide bonds. The second-order valence-electron chi connectivity index (χ2n) is 9.27. The van der Waals surface area contributed by atoms with Crippen LogP contribution in [0.4, 0.5) is 8.78 Å². The number of nitrogens with one attached hydrogen (secondary N) is 1. The lowest BCUT2D eigenvalue weighted by Gasteiger charge is -2.28. The van der Waals surface area contributed by atoms with Gasteiger partial charge in [0.15, 0.2) is 17.4 Å². The van der Waals surface area contributed by atoms with Gasteiger partial charge in [0, 0.05) is 35.5 Å². The predicted octanol–water partition coefficient (Wildman–Crippen LogP) is 4.04. The van der Waals surface area contributed by atoms with E-state index in [4.69, 9.17) is 10.2 Å². The number of hydrogen-bond acceptors (Lipinski definition) is 5. The maximum atomic E-state index is 13.5. The van der Waals surface area contributed by atoms with Gasteiger partial charge in [-0.3, -0.25) is 14.2 Å². The van der Waals surface area contributed by atoms with Crippen molar-refractivity contribution in [2.45, 2.75) is 38.3 Å². The van der Waals surface area contributed by atoms with Gasteiger partial charge in [0.2, 0.25) is 0 Å². The SMILES string of the molecule is O=C(NC[C@H]1CC[C@H](n2cc3ccc(-c4cnn(CCO)c4)cc3n2)CC1)c1cc(F)c(O)c(F)c1. The Balaban J connectivity index is 1.18. The van der Waals surface area contributed by atoms with E-state index in [9.17, 15) is 18.7 Å². The molecule has 0 spiro atoms. The number of aliphatic hydroxyl groups is 1. The molecule has 0 aliphatic heterocycles. The molecule has 0 atom stereocenters. The number of fused-ring (bicyclic) bond motifs is 1. The molecule has 36 heavy (non-hydrogen) atoms. The van der Waals surface area contributed by atoms with Crippen LogP contribution in [0.2, 0.25) is 0 Å². The first-order valence-electron chi connectivity index (χ1n) is 12.0. The van der Waals surface area contributed by atoms with Crippen molar-refractivity contribution in [3.8, 4) is 16.9 Å². The van der Waals surface area contributed by atoms with Crippen LogP contribution in [-0.2, 0) is 6.54 Å². The highest BCUT2D eigenvalue weighted by atomic mass is 19.1. The van der Waals surface area contributed by atoms with E-state index in [0.717, 1.165) is 59.8 Å². The molecule has 0 saturated heterocycles. The minimum atomic E-state index is -1.16. The Morgan fingerprint density at radius 2 is 1.81 bits per heavy atom. The number of aromatic hydroxyl groups is 1. The van der Waals surface area contributed by atoms with Crippen molar-refractivity contribution in [2.24, 2.45) is 5.92 Å². The fourth-order valence-corrected chi connectivity index (χ4v) is 4.79. The van der Waals surface area contributed by atoms with Crippen molar-refractivity contribution < 1.29 is 23.8 Å². The molecule has 0 unspecified atom stereocenters. The summed E-state index contributed by atoms with van der Waals surface area (Å²) in [6.07, 6.45) is 9.37. The predicted molar refractivity (Wildman–Crippen MR) is 129 cm³/mol. The summed E-state index contributed by atoms with van der Waals surface area (Å²) in [6, 6.07) is 8.07. The molecule has 1 fully saturated rings. The van der Waals surface area contributed by atoms with Gasteiger partial charge >= 0.3 is 0 Å². The van der Waals surface area contributed by atoms with Gasteiger partial charge in [0.25, 0.3) is 5.91 Å². The largest absolute Gasteiger partial charge is 0.503 e. The van der Waals surface area contributed by atoms with E-state index in [2.05, 4.69) is 16.6 Å². The van der Waals surface area contributed by atoms with Crippen LogP contribution in [0.15, 0.2) is 48.9 Å². The Morgan fingerprint density at radius 3 is 2.53 bits per heavy atom. The number of halogens is 2. The highest BCUT2D eigenvalue weighted by Gasteiger charge is 2.24. The first kappa shape index (κ1) is 23.9. The first-order chi connectivity index (χ1) is 17.4. The monoisotopic (exact) mass is 495 g/mol. The standard InChI is InChI=1S/C26H27F2N5O3/c27-22-9-19(10-23(28)25(22)35)26(36)29-12-16-1-5-21(6-2-16)33-15-18-4-3-17(11-24(18)31-33)20-13-30-32(14-20)7-8-34/h3-4,9-11,13-16,21,34-35H,1-2,5-8,12H2,(H,29,36)/t16-,21-. The topological polar surface area (TPSA) is 105 Å². The maximum Gasteiger partial charge on any atom is 0.251 e.